The van der Waals surface area contributed by atoms with Crippen LogP contribution in [0.25, 0.3) is 0 Å². The molecule has 0 saturated heterocycles. The van der Waals surface area contributed by atoms with Gasteiger partial charge in [-0.2, -0.15) is 0 Å². The van der Waals surface area contributed by atoms with Gasteiger partial charge in [0, 0.05) is 6.07 Å². The number of aryl methyl sites for hydroxylation is 1. The Morgan fingerprint density at radius 1 is 0.636 bits per heavy atom. The summed E-state index contributed by atoms with van der Waals surface area (Å²) in [5.74, 6) is 0.890. The topological polar surface area (TPSA) is 102 Å². The van der Waals surface area contributed by atoms with Crippen molar-refractivity contribution in [2.24, 2.45) is 0 Å². The molecule has 1 aliphatic rings. The third-order valence-corrected chi connectivity index (χ3v) is 6.01. The Balaban J connectivity index is 1.67. The van der Waals surface area contributed by atoms with Crippen molar-refractivity contribution in [1.82, 2.24) is 0 Å². The van der Waals surface area contributed by atoms with E-state index in [2.05, 4.69) is 4.72 Å². The Bertz CT molecular complexity index is 949. The first kappa shape index (κ1) is 25.3. The van der Waals surface area contributed by atoms with E-state index >= 15 is 0 Å². The minimum Gasteiger partial charge on any atom is -0.487 e. The zero-order valence-electron chi connectivity index (χ0n) is 18.8. The third kappa shape index (κ3) is 8.82. The average Bonchev–Trinajstić information content (AvgIpc) is 2.79. The van der Waals surface area contributed by atoms with Gasteiger partial charge in [-0.15, -0.1) is 0 Å². The smallest absolute Gasteiger partial charge is 0.261 e. The van der Waals surface area contributed by atoms with Crippen LogP contribution >= 0.6 is 0 Å². The molecule has 0 unspecified atom stereocenters. The number of benzene rings is 2. The normalized spacial score (nSPS) is 17.5. The summed E-state index contributed by atoms with van der Waals surface area (Å²) in [5.41, 5.74) is 1.34. The second-order valence-electron chi connectivity index (χ2n) is 7.23. The Labute approximate surface area is 194 Å². The Morgan fingerprint density at radius 2 is 1.12 bits per heavy atom. The molecule has 2 aromatic rings. The molecule has 3 rings (SSSR count). The van der Waals surface area contributed by atoms with Crippen molar-refractivity contribution in [3.8, 4) is 11.5 Å². The summed E-state index contributed by atoms with van der Waals surface area (Å²) in [6, 6.07) is 11.5. The van der Waals surface area contributed by atoms with Crippen LogP contribution in [0.3, 0.4) is 0 Å². The van der Waals surface area contributed by atoms with Crippen molar-refractivity contribution < 1.29 is 36.8 Å². The number of fused-ring (bicyclic) bond motifs is 1. The first-order chi connectivity index (χ1) is 16.0. The molecule has 0 atom stereocenters. The van der Waals surface area contributed by atoms with Crippen LogP contribution in [0.5, 0.6) is 11.5 Å². The molecule has 182 valence electrons. The van der Waals surface area contributed by atoms with Crippen molar-refractivity contribution in [3.05, 3.63) is 48.0 Å². The number of hydrogen-bond acceptors (Lipinski definition) is 8. The summed E-state index contributed by atoms with van der Waals surface area (Å²) in [5, 5.41) is 0. The van der Waals surface area contributed by atoms with E-state index in [0.717, 1.165) is 5.56 Å². The lowest BCUT2D eigenvalue weighted by molar-refractivity contribution is -0.00841. The summed E-state index contributed by atoms with van der Waals surface area (Å²) in [4.78, 5) is 0.181. The summed E-state index contributed by atoms with van der Waals surface area (Å²) >= 11 is 0. The van der Waals surface area contributed by atoms with Crippen molar-refractivity contribution in [1.29, 1.82) is 0 Å². The maximum absolute atomic E-state index is 12.7. The summed E-state index contributed by atoms with van der Waals surface area (Å²) in [6.07, 6.45) is 0. The molecule has 0 aliphatic carbocycles. The van der Waals surface area contributed by atoms with Crippen molar-refractivity contribution in [2.45, 2.75) is 11.8 Å². The third-order valence-electron chi connectivity index (χ3n) is 4.61. The van der Waals surface area contributed by atoms with Gasteiger partial charge in [-0.25, -0.2) is 8.42 Å². The molecule has 0 amide bonds. The number of rotatable bonds is 3. The zero-order chi connectivity index (χ0) is 23.4. The van der Waals surface area contributed by atoms with Crippen LogP contribution in [0, 0.1) is 6.92 Å². The number of ether oxygens (including phenoxy) is 6. The Kier molecular flexibility index (Phi) is 10.2. The van der Waals surface area contributed by atoms with Crippen LogP contribution in [0.15, 0.2) is 47.4 Å². The van der Waals surface area contributed by atoms with E-state index in [0.29, 0.717) is 76.6 Å². The van der Waals surface area contributed by atoms with Crippen LogP contribution < -0.4 is 14.2 Å². The quantitative estimate of drug-likeness (QED) is 0.714. The summed E-state index contributed by atoms with van der Waals surface area (Å²) < 4.78 is 61.5. The highest BCUT2D eigenvalue weighted by molar-refractivity contribution is 7.92. The number of anilines is 1. The highest BCUT2D eigenvalue weighted by Gasteiger charge is 2.16. The summed E-state index contributed by atoms with van der Waals surface area (Å²) in [7, 11) is -3.74. The van der Waals surface area contributed by atoms with Crippen LogP contribution in [-0.4, -0.2) is 74.5 Å². The molecule has 0 bridgehead atoms. The molecular weight excluding hydrogens is 450 g/mol. The molecule has 0 saturated carbocycles. The lowest BCUT2D eigenvalue weighted by atomic mass is 10.2. The van der Waals surface area contributed by atoms with Gasteiger partial charge < -0.3 is 28.4 Å². The minimum atomic E-state index is -3.74. The van der Waals surface area contributed by atoms with Gasteiger partial charge in [0.25, 0.3) is 10.0 Å². The van der Waals surface area contributed by atoms with E-state index < -0.39 is 10.0 Å². The van der Waals surface area contributed by atoms with E-state index in [4.69, 9.17) is 28.4 Å². The minimum absolute atomic E-state index is 0.181. The highest BCUT2D eigenvalue weighted by Crippen LogP contribution is 2.31. The van der Waals surface area contributed by atoms with Crippen molar-refractivity contribution >= 4 is 15.7 Å². The first-order valence-electron chi connectivity index (χ1n) is 10.8. The molecule has 9 nitrogen and oxygen atoms in total. The lowest BCUT2D eigenvalue weighted by Crippen LogP contribution is -2.16. The molecule has 0 radical (unpaired) electrons. The second kappa shape index (κ2) is 13.4. The largest absolute Gasteiger partial charge is 0.487 e. The van der Waals surface area contributed by atoms with Gasteiger partial charge in [-0.3, -0.25) is 4.72 Å². The van der Waals surface area contributed by atoms with Crippen LogP contribution in [0.4, 0.5) is 5.69 Å². The van der Waals surface area contributed by atoms with Gasteiger partial charge in [-0.05, 0) is 31.2 Å². The molecule has 0 fully saturated rings. The standard InChI is InChI=1S/C23H31NO8S/c1-19-2-5-21(6-3-19)33(25,26)24-20-4-7-22-23(18-20)32-17-15-30-13-11-28-9-8-27-10-12-29-14-16-31-22/h2-7,18,24H,8-17H2,1H3. The van der Waals surface area contributed by atoms with Gasteiger partial charge >= 0.3 is 0 Å². The Hall–Kier alpha value is -2.37. The van der Waals surface area contributed by atoms with E-state index in [1.54, 1.807) is 42.5 Å². The molecule has 2 aromatic carbocycles. The van der Waals surface area contributed by atoms with Crippen LogP contribution in [0.1, 0.15) is 5.56 Å². The predicted octanol–water partition coefficient (Wildman–Crippen LogP) is 2.63. The van der Waals surface area contributed by atoms with Crippen molar-refractivity contribution in [3.63, 3.8) is 0 Å². The van der Waals surface area contributed by atoms with Gasteiger partial charge in [-0.1, -0.05) is 17.7 Å². The van der Waals surface area contributed by atoms with Crippen molar-refractivity contribution in [2.75, 3.05) is 70.8 Å². The fraction of sp³-hybridized carbons (Fsp3) is 0.478. The number of sulfonamides is 1. The maximum Gasteiger partial charge on any atom is 0.261 e. The number of hydrogen-bond donors (Lipinski definition) is 1. The number of nitrogens with one attached hydrogen (secondary N) is 1. The molecule has 1 heterocycles. The predicted molar refractivity (Wildman–Crippen MR) is 123 cm³/mol. The Morgan fingerprint density at radius 3 is 1.67 bits per heavy atom. The molecule has 1 aliphatic heterocycles. The zero-order valence-corrected chi connectivity index (χ0v) is 19.6. The monoisotopic (exact) mass is 481 g/mol. The van der Waals surface area contributed by atoms with Gasteiger partial charge in [0.15, 0.2) is 11.5 Å². The highest BCUT2D eigenvalue weighted by atomic mass is 32.2. The van der Waals surface area contributed by atoms with Gasteiger partial charge in [0.1, 0.15) is 13.2 Å². The SMILES string of the molecule is Cc1ccc(S(=O)(=O)Nc2ccc3c(c2)OCCOCCOCCOCCOCCO3)cc1. The second-order valence-corrected chi connectivity index (χ2v) is 8.91. The van der Waals surface area contributed by atoms with E-state index in [9.17, 15) is 8.42 Å². The fourth-order valence-electron chi connectivity index (χ4n) is 2.92. The molecule has 1 N–H and O–H groups in total. The maximum atomic E-state index is 12.7. The van der Waals surface area contributed by atoms with E-state index in [-0.39, 0.29) is 11.5 Å². The molecule has 0 spiro atoms. The molecule has 33 heavy (non-hydrogen) atoms. The molecule has 0 aromatic heterocycles. The molecule has 10 heteroatoms. The van der Waals surface area contributed by atoms with E-state index in [1.165, 1.54) is 0 Å². The van der Waals surface area contributed by atoms with E-state index in [1.807, 2.05) is 6.92 Å². The molecular formula is C23H31NO8S. The van der Waals surface area contributed by atoms with Gasteiger partial charge in [0.2, 0.25) is 0 Å². The average molecular weight is 482 g/mol. The first-order valence-corrected chi connectivity index (χ1v) is 12.3. The lowest BCUT2D eigenvalue weighted by Gasteiger charge is -2.16. The van der Waals surface area contributed by atoms with Gasteiger partial charge in [0.05, 0.1) is 63.4 Å². The fourth-order valence-corrected chi connectivity index (χ4v) is 3.97. The van der Waals surface area contributed by atoms with Crippen LogP contribution in [0.2, 0.25) is 0 Å². The summed E-state index contributed by atoms with van der Waals surface area (Å²) in [6.45, 7) is 6.04. The van der Waals surface area contributed by atoms with Crippen LogP contribution in [-0.2, 0) is 29.0 Å².